The van der Waals surface area contributed by atoms with Gasteiger partial charge in [-0.05, 0) is 63.7 Å². The predicted molar refractivity (Wildman–Crippen MR) is 182 cm³/mol. The van der Waals surface area contributed by atoms with Crippen molar-refractivity contribution < 1.29 is 59.4 Å². The molecule has 0 rings (SSSR count). The summed E-state index contributed by atoms with van der Waals surface area (Å²) in [6.07, 6.45) is 3.82. The highest BCUT2D eigenvalue weighted by Crippen LogP contribution is 2.45. The van der Waals surface area contributed by atoms with E-state index in [2.05, 4.69) is 0 Å². The molecule has 0 aliphatic carbocycles. The number of hydrogen-bond donors (Lipinski definition) is 6. The first kappa shape index (κ1) is 45.7. The number of hydrogen-bond acceptors (Lipinski definition) is 9. The molecule has 0 aromatic heterocycles. The van der Waals surface area contributed by atoms with Crippen LogP contribution < -0.4 is 0 Å². The molecule has 0 heterocycles. The molecule has 4 atom stereocenters. The number of carbonyl (C=O) groups is 6. The normalized spacial score (nSPS) is 16.2. The maximum absolute atomic E-state index is 12.3. The lowest BCUT2D eigenvalue weighted by Crippen LogP contribution is -2.62. The topological polar surface area (TPSA) is 234 Å². The Morgan fingerprint density at radius 2 is 0.735 bits per heavy atom. The maximum atomic E-state index is 12.3. The molecular weight excluding hydrogens is 642 g/mol. The summed E-state index contributed by atoms with van der Waals surface area (Å²) in [5.74, 6) is -7.65. The number of nitrogens with zero attached hydrogens (tertiary/aromatic N) is 3. The van der Waals surface area contributed by atoms with Crippen molar-refractivity contribution in [1.29, 1.82) is 0 Å². The minimum absolute atomic E-state index is 0.0537. The van der Waals surface area contributed by atoms with Crippen molar-refractivity contribution >= 4 is 35.8 Å². The molecule has 15 heteroatoms. The van der Waals surface area contributed by atoms with Gasteiger partial charge in [-0.1, -0.05) is 60.8 Å². The van der Waals surface area contributed by atoms with Crippen molar-refractivity contribution in [3.8, 4) is 0 Å². The Kier molecular flexibility index (Phi) is 19.6. The third-order valence-corrected chi connectivity index (χ3v) is 10.6. The van der Waals surface area contributed by atoms with Gasteiger partial charge >= 0.3 is 35.8 Å². The van der Waals surface area contributed by atoms with E-state index in [1.165, 1.54) is 14.7 Å². The zero-order valence-corrected chi connectivity index (χ0v) is 30.4. The molecule has 0 saturated heterocycles. The Labute approximate surface area is 290 Å². The van der Waals surface area contributed by atoms with Crippen LogP contribution in [0.4, 0.5) is 0 Å². The van der Waals surface area contributed by atoms with Crippen LogP contribution in [0.2, 0.25) is 0 Å². The fraction of sp³-hybridized carbons (Fsp3) is 0.824. The fourth-order valence-corrected chi connectivity index (χ4v) is 7.56. The first-order chi connectivity index (χ1) is 22.7. The first-order valence-corrected chi connectivity index (χ1v) is 17.3. The van der Waals surface area contributed by atoms with Crippen LogP contribution in [0.5, 0.6) is 0 Å². The zero-order chi connectivity index (χ0) is 38.2. The van der Waals surface area contributed by atoms with Gasteiger partial charge in [0, 0.05) is 16.6 Å². The highest BCUT2D eigenvalue weighted by Gasteiger charge is 2.49. The second-order valence-electron chi connectivity index (χ2n) is 13.7. The van der Waals surface area contributed by atoms with E-state index in [4.69, 9.17) is 0 Å². The van der Waals surface area contributed by atoms with Gasteiger partial charge in [-0.15, -0.1) is 0 Å². The molecular formula is C34H61N3O12. The van der Waals surface area contributed by atoms with Crippen LogP contribution in [0.3, 0.4) is 0 Å². The molecule has 0 radical (unpaired) electrons. The van der Waals surface area contributed by atoms with Crippen LogP contribution >= 0.6 is 0 Å². The third kappa shape index (κ3) is 14.6. The van der Waals surface area contributed by atoms with Crippen molar-refractivity contribution in [3.05, 3.63) is 0 Å². The zero-order valence-electron chi connectivity index (χ0n) is 30.4. The van der Waals surface area contributed by atoms with Crippen molar-refractivity contribution in [3.63, 3.8) is 0 Å². The Bertz CT molecular complexity index is 1070. The van der Waals surface area contributed by atoms with E-state index in [0.29, 0.717) is 32.1 Å². The summed E-state index contributed by atoms with van der Waals surface area (Å²) in [5, 5.41) is 59.1. The first-order valence-electron chi connectivity index (χ1n) is 17.3. The summed E-state index contributed by atoms with van der Waals surface area (Å²) < 4.78 is 0. The van der Waals surface area contributed by atoms with Crippen molar-refractivity contribution in [2.24, 2.45) is 11.8 Å². The molecule has 15 nitrogen and oxygen atoms in total. The smallest absolute Gasteiger partial charge is 0.317 e. The predicted octanol–water partition coefficient (Wildman–Crippen LogP) is 3.89. The van der Waals surface area contributed by atoms with Gasteiger partial charge in [-0.3, -0.25) is 43.5 Å². The third-order valence-electron chi connectivity index (χ3n) is 10.6. The second kappa shape index (κ2) is 21.0. The molecule has 284 valence electrons. The summed E-state index contributed by atoms with van der Waals surface area (Å²) in [5.41, 5.74) is -3.21. The van der Waals surface area contributed by atoms with E-state index in [-0.39, 0.29) is 31.1 Å². The van der Waals surface area contributed by atoms with Crippen LogP contribution in [0, 0.1) is 11.8 Å². The molecule has 6 N–H and O–H groups in total. The van der Waals surface area contributed by atoms with Crippen molar-refractivity contribution in [2.75, 3.05) is 39.3 Å². The number of aliphatic carboxylic acids is 6. The highest BCUT2D eigenvalue weighted by atomic mass is 16.4. The van der Waals surface area contributed by atoms with Gasteiger partial charge < -0.3 is 30.6 Å². The molecule has 0 saturated carbocycles. The SMILES string of the molecule is CCC(CC)CC(CC)(CC(CC)(CC(CC)CC(C)(CC)N(CC(=O)O)CC(=O)O)N(CC(=O)O)CC(=O)O)N(CC(=O)O)CC(=O)O. The van der Waals surface area contributed by atoms with E-state index in [9.17, 15) is 59.4 Å². The molecule has 0 aliphatic rings. The van der Waals surface area contributed by atoms with E-state index in [0.717, 1.165) is 12.8 Å². The minimum atomic E-state index is -1.27. The summed E-state index contributed by atoms with van der Waals surface area (Å²) in [6, 6.07) is 0. The van der Waals surface area contributed by atoms with Gasteiger partial charge in [-0.25, -0.2) is 0 Å². The van der Waals surface area contributed by atoms with Crippen LogP contribution in [0.25, 0.3) is 0 Å². The van der Waals surface area contributed by atoms with Gasteiger partial charge in [0.25, 0.3) is 0 Å². The highest BCUT2D eigenvalue weighted by molar-refractivity contribution is 5.74. The van der Waals surface area contributed by atoms with E-state index >= 15 is 0 Å². The lowest BCUT2D eigenvalue weighted by atomic mass is 9.67. The Morgan fingerprint density at radius 1 is 0.449 bits per heavy atom. The number of rotatable bonds is 29. The van der Waals surface area contributed by atoms with Gasteiger partial charge in [0.1, 0.15) is 0 Å². The Balaban J connectivity index is 7.71. The van der Waals surface area contributed by atoms with Crippen LogP contribution in [-0.4, -0.2) is 137 Å². The van der Waals surface area contributed by atoms with E-state index < -0.39 is 91.7 Å². The van der Waals surface area contributed by atoms with Crippen molar-refractivity contribution in [1.82, 2.24) is 14.7 Å². The summed E-state index contributed by atoms with van der Waals surface area (Å²) in [7, 11) is 0. The van der Waals surface area contributed by atoms with Gasteiger partial charge in [0.15, 0.2) is 0 Å². The Hall–Kier alpha value is -3.30. The second-order valence-corrected chi connectivity index (χ2v) is 13.7. The van der Waals surface area contributed by atoms with Gasteiger partial charge in [0.2, 0.25) is 0 Å². The van der Waals surface area contributed by atoms with E-state index in [1.807, 2.05) is 34.6 Å². The number of carboxylic acids is 6. The summed E-state index contributed by atoms with van der Waals surface area (Å²) in [6.45, 7) is 9.59. The van der Waals surface area contributed by atoms with Crippen LogP contribution in [0.1, 0.15) is 113 Å². The lowest BCUT2D eigenvalue weighted by molar-refractivity contribution is -0.149. The van der Waals surface area contributed by atoms with Crippen LogP contribution in [-0.2, 0) is 28.8 Å². The minimum Gasteiger partial charge on any atom is -0.480 e. The number of carboxylic acid groups (broad SMARTS) is 6. The summed E-state index contributed by atoms with van der Waals surface area (Å²) >= 11 is 0. The lowest BCUT2D eigenvalue weighted by Gasteiger charge is -2.54. The molecule has 0 aromatic carbocycles. The molecule has 0 fully saturated rings. The largest absolute Gasteiger partial charge is 0.480 e. The monoisotopic (exact) mass is 703 g/mol. The quantitative estimate of drug-likeness (QED) is 0.0649. The molecule has 0 aliphatic heterocycles. The molecule has 0 amide bonds. The van der Waals surface area contributed by atoms with Crippen LogP contribution in [0.15, 0.2) is 0 Å². The Morgan fingerprint density at radius 3 is 0.980 bits per heavy atom. The van der Waals surface area contributed by atoms with E-state index in [1.54, 1.807) is 13.8 Å². The molecule has 4 unspecified atom stereocenters. The summed E-state index contributed by atoms with van der Waals surface area (Å²) in [4.78, 5) is 76.7. The molecule has 0 aromatic rings. The fourth-order valence-electron chi connectivity index (χ4n) is 7.56. The molecule has 0 spiro atoms. The molecule has 49 heavy (non-hydrogen) atoms. The maximum Gasteiger partial charge on any atom is 0.317 e. The van der Waals surface area contributed by atoms with Gasteiger partial charge in [-0.2, -0.15) is 0 Å². The van der Waals surface area contributed by atoms with Crippen molar-refractivity contribution in [2.45, 2.75) is 129 Å². The standard InChI is InChI=1S/C34H61N3O12/c1-8-24(9-2)15-33(12-5,36(19-28(42)43)20-29(44)45)23-34(13-6,37(21-30(46)47)22-31(48)49)16-25(10-3)14-32(7,11-4)35(17-26(38)39)18-27(40)41/h24-25H,8-23H2,1-7H3,(H,38,39)(H,40,41)(H,42,43)(H,44,45)(H,46,47)(H,48,49). The average molecular weight is 704 g/mol. The molecule has 0 bridgehead atoms. The average Bonchev–Trinajstić information content (AvgIpc) is 2.99. The van der Waals surface area contributed by atoms with Gasteiger partial charge in [0.05, 0.1) is 39.3 Å².